The van der Waals surface area contributed by atoms with Gasteiger partial charge in [-0.1, -0.05) is 19.3 Å². The smallest absolute Gasteiger partial charge is 0.331 e. The molecule has 0 aliphatic heterocycles. The van der Waals surface area contributed by atoms with Crippen molar-refractivity contribution in [3.63, 3.8) is 0 Å². The van der Waals surface area contributed by atoms with E-state index in [1.165, 1.54) is 0 Å². The van der Waals surface area contributed by atoms with E-state index in [2.05, 4.69) is 0 Å². The van der Waals surface area contributed by atoms with Gasteiger partial charge in [-0.25, -0.2) is 9.59 Å². The number of esters is 2. The van der Waals surface area contributed by atoms with Crippen molar-refractivity contribution in [1.82, 2.24) is 4.90 Å². The van der Waals surface area contributed by atoms with Gasteiger partial charge < -0.3 is 30.3 Å². The second-order valence-corrected chi connectivity index (χ2v) is 6.62. The fraction of sp³-hybridized carbons (Fsp3) is 0.778. The maximum Gasteiger partial charge on any atom is 0.331 e. The second kappa shape index (κ2) is 11.0. The van der Waals surface area contributed by atoms with E-state index < -0.39 is 54.5 Å². The summed E-state index contributed by atoms with van der Waals surface area (Å²) in [6.45, 7) is 1.30. The van der Waals surface area contributed by atoms with E-state index in [1.54, 1.807) is 13.8 Å². The monoisotopic (exact) mass is 402 g/mol. The summed E-state index contributed by atoms with van der Waals surface area (Å²) >= 11 is 0. The van der Waals surface area contributed by atoms with Crippen LogP contribution in [0.2, 0.25) is 0 Å². The van der Waals surface area contributed by atoms with Crippen LogP contribution >= 0.6 is 0 Å². The summed E-state index contributed by atoms with van der Waals surface area (Å²) in [5, 5.41) is 19.5. The number of nitrogens with two attached hydrogens (primary N) is 1. The lowest BCUT2D eigenvalue weighted by Crippen LogP contribution is -2.63. The van der Waals surface area contributed by atoms with E-state index in [0.29, 0.717) is 17.7 Å². The van der Waals surface area contributed by atoms with Crippen LogP contribution in [-0.4, -0.2) is 77.4 Å². The SMILES string of the molecule is CCOC(=O)[C@@H](CO)N(C(=O)C1(C(N)=O)CCCCC1)[C@H](CO)C(=O)OCC. The Bertz CT molecular complexity index is 548. The number of primary amides is 1. The van der Waals surface area contributed by atoms with Crippen LogP contribution in [0.15, 0.2) is 0 Å². The summed E-state index contributed by atoms with van der Waals surface area (Å²) < 4.78 is 9.80. The van der Waals surface area contributed by atoms with Gasteiger partial charge in [-0.15, -0.1) is 0 Å². The molecule has 2 atom stereocenters. The van der Waals surface area contributed by atoms with Gasteiger partial charge in [0, 0.05) is 0 Å². The Kier molecular flexibility index (Phi) is 9.33. The van der Waals surface area contributed by atoms with Crippen LogP contribution in [0.1, 0.15) is 46.0 Å². The van der Waals surface area contributed by atoms with Gasteiger partial charge in [-0.05, 0) is 26.7 Å². The minimum atomic E-state index is -1.63. The molecule has 1 aliphatic carbocycles. The van der Waals surface area contributed by atoms with E-state index >= 15 is 0 Å². The highest BCUT2D eigenvalue weighted by atomic mass is 16.5. The summed E-state index contributed by atoms with van der Waals surface area (Å²) in [7, 11) is 0. The van der Waals surface area contributed by atoms with Crippen molar-refractivity contribution in [1.29, 1.82) is 0 Å². The Hall–Kier alpha value is -2.20. The number of hydrogen-bond donors (Lipinski definition) is 3. The number of aliphatic hydroxyl groups excluding tert-OH is 2. The summed E-state index contributed by atoms with van der Waals surface area (Å²) in [6, 6.07) is -3.18. The van der Waals surface area contributed by atoms with E-state index in [9.17, 15) is 29.4 Å². The van der Waals surface area contributed by atoms with Crippen molar-refractivity contribution >= 4 is 23.8 Å². The van der Waals surface area contributed by atoms with E-state index in [1.807, 2.05) is 0 Å². The van der Waals surface area contributed by atoms with Crippen molar-refractivity contribution in [3.8, 4) is 0 Å². The average molecular weight is 402 g/mol. The van der Waals surface area contributed by atoms with Crippen LogP contribution in [0.25, 0.3) is 0 Å². The van der Waals surface area contributed by atoms with Gasteiger partial charge >= 0.3 is 11.9 Å². The molecule has 2 amide bonds. The Labute approximate surface area is 163 Å². The first kappa shape index (κ1) is 23.8. The Morgan fingerprint density at radius 1 is 0.929 bits per heavy atom. The number of nitrogens with zero attached hydrogens (tertiary/aromatic N) is 1. The summed E-state index contributed by atoms with van der Waals surface area (Å²) in [5.74, 6) is -3.68. The Morgan fingerprint density at radius 3 is 1.68 bits per heavy atom. The summed E-state index contributed by atoms with van der Waals surface area (Å²) in [5.41, 5.74) is 3.92. The number of rotatable bonds is 10. The number of aliphatic hydroxyl groups is 2. The Morgan fingerprint density at radius 2 is 1.36 bits per heavy atom. The lowest BCUT2D eigenvalue weighted by Gasteiger charge is -2.41. The molecule has 10 heteroatoms. The first-order valence-corrected chi connectivity index (χ1v) is 9.48. The number of amides is 2. The van der Waals surface area contributed by atoms with Gasteiger partial charge in [0.2, 0.25) is 11.8 Å². The lowest BCUT2D eigenvalue weighted by molar-refractivity contribution is -0.174. The quantitative estimate of drug-likeness (QED) is 0.313. The highest BCUT2D eigenvalue weighted by Crippen LogP contribution is 2.39. The van der Waals surface area contributed by atoms with Crippen molar-refractivity contribution in [2.75, 3.05) is 26.4 Å². The highest BCUT2D eigenvalue weighted by molar-refractivity contribution is 6.06. The molecule has 0 radical (unpaired) electrons. The van der Waals surface area contributed by atoms with Crippen molar-refractivity contribution in [2.24, 2.45) is 11.1 Å². The van der Waals surface area contributed by atoms with E-state index in [-0.39, 0.29) is 26.1 Å². The third-order valence-electron chi connectivity index (χ3n) is 4.96. The molecule has 10 nitrogen and oxygen atoms in total. The van der Waals surface area contributed by atoms with Gasteiger partial charge in [0.1, 0.15) is 5.41 Å². The molecule has 0 spiro atoms. The molecule has 0 saturated heterocycles. The van der Waals surface area contributed by atoms with Crippen molar-refractivity contribution < 1.29 is 38.9 Å². The second-order valence-electron chi connectivity index (χ2n) is 6.62. The standard InChI is InChI=1S/C18H30N2O8/c1-3-27-14(23)12(10-21)20(13(11-22)15(24)28-4-2)17(26)18(16(19)25)8-6-5-7-9-18/h12-13,21-22H,3-11H2,1-2H3,(H2,19,25)/t12-,13-/m1/s1. The van der Waals surface area contributed by atoms with Gasteiger partial charge in [0.05, 0.1) is 26.4 Å². The number of carbonyl (C=O) groups excluding carboxylic acids is 4. The molecule has 1 rings (SSSR count). The molecule has 0 aromatic heterocycles. The molecular formula is C18H30N2O8. The molecule has 1 aliphatic rings. The number of carbonyl (C=O) groups is 4. The third kappa shape index (κ3) is 4.99. The van der Waals surface area contributed by atoms with Crippen LogP contribution in [0.5, 0.6) is 0 Å². The van der Waals surface area contributed by atoms with Gasteiger partial charge in [-0.3, -0.25) is 9.59 Å². The maximum absolute atomic E-state index is 13.5. The van der Waals surface area contributed by atoms with Gasteiger partial charge in [0.25, 0.3) is 0 Å². The molecule has 160 valence electrons. The third-order valence-corrected chi connectivity index (χ3v) is 4.96. The zero-order chi connectivity index (χ0) is 21.3. The minimum absolute atomic E-state index is 0.0263. The molecular weight excluding hydrogens is 372 g/mol. The van der Waals surface area contributed by atoms with Crippen LogP contribution in [-0.2, 0) is 28.7 Å². The molecule has 1 fully saturated rings. The van der Waals surface area contributed by atoms with Crippen molar-refractivity contribution in [2.45, 2.75) is 58.0 Å². The fourth-order valence-corrected chi connectivity index (χ4v) is 3.50. The zero-order valence-electron chi connectivity index (χ0n) is 16.4. The molecule has 0 bridgehead atoms. The van der Waals surface area contributed by atoms with E-state index in [0.717, 1.165) is 6.42 Å². The van der Waals surface area contributed by atoms with Crippen LogP contribution in [0, 0.1) is 5.41 Å². The van der Waals surface area contributed by atoms with Gasteiger partial charge in [-0.2, -0.15) is 0 Å². The minimum Gasteiger partial charge on any atom is -0.464 e. The fourth-order valence-electron chi connectivity index (χ4n) is 3.50. The first-order chi connectivity index (χ1) is 13.3. The predicted octanol–water partition coefficient (Wildman–Crippen LogP) is -0.901. The first-order valence-electron chi connectivity index (χ1n) is 9.48. The molecule has 0 heterocycles. The molecule has 0 aromatic carbocycles. The van der Waals surface area contributed by atoms with Crippen molar-refractivity contribution in [3.05, 3.63) is 0 Å². The highest BCUT2D eigenvalue weighted by Gasteiger charge is 2.52. The van der Waals surface area contributed by atoms with Crippen LogP contribution in [0.3, 0.4) is 0 Å². The summed E-state index contributed by atoms with van der Waals surface area (Å²) in [6.07, 6.45) is 2.24. The zero-order valence-corrected chi connectivity index (χ0v) is 16.4. The molecule has 0 unspecified atom stereocenters. The number of ether oxygens (including phenoxy) is 2. The topological polar surface area (TPSA) is 156 Å². The lowest BCUT2D eigenvalue weighted by atomic mass is 9.72. The Balaban J connectivity index is 3.45. The number of hydrogen-bond acceptors (Lipinski definition) is 8. The average Bonchev–Trinajstić information content (AvgIpc) is 2.68. The largest absolute Gasteiger partial charge is 0.464 e. The van der Waals surface area contributed by atoms with E-state index in [4.69, 9.17) is 15.2 Å². The van der Waals surface area contributed by atoms with Crippen LogP contribution in [0.4, 0.5) is 0 Å². The molecule has 28 heavy (non-hydrogen) atoms. The predicted molar refractivity (Wildman–Crippen MR) is 96.6 cm³/mol. The van der Waals surface area contributed by atoms with Gasteiger partial charge in [0.15, 0.2) is 12.1 Å². The van der Waals surface area contributed by atoms with Crippen LogP contribution < -0.4 is 5.73 Å². The molecule has 0 aromatic rings. The molecule has 1 saturated carbocycles. The maximum atomic E-state index is 13.5. The molecule has 4 N–H and O–H groups in total. The summed E-state index contributed by atoms with van der Waals surface area (Å²) in [4.78, 5) is 51.1. The normalized spacial score (nSPS) is 17.9.